The minimum atomic E-state index is -3.87. The molecule has 3 aromatic rings. The van der Waals surface area contributed by atoms with E-state index in [1.165, 1.54) is 16.4 Å². The van der Waals surface area contributed by atoms with Crippen LogP contribution < -0.4 is 19.1 Å². The van der Waals surface area contributed by atoms with Crippen molar-refractivity contribution in [3.8, 4) is 11.5 Å². The summed E-state index contributed by atoms with van der Waals surface area (Å²) in [6.07, 6.45) is -0.990. The van der Waals surface area contributed by atoms with Gasteiger partial charge in [-0.15, -0.1) is 0 Å². The van der Waals surface area contributed by atoms with Gasteiger partial charge in [-0.05, 0) is 55.3 Å². The van der Waals surface area contributed by atoms with Gasteiger partial charge < -0.3 is 14.8 Å². The van der Waals surface area contributed by atoms with E-state index in [4.69, 9.17) is 9.47 Å². The molecule has 1 aliphatic heterocycles. The number of aryl methyl sites for hydroxylation is 2. The zero-order valence-electron chi connectivity index (χ0n) is 18.5. The Balaban J connectivity index is 1.49. The smallest absolute Gasteiger partial charge is 0.264 e. The topological polar surface area (TPSA) is 84.9 Å². The highest BCUT2D eigenvalue weighted by Crippen LogP contribution is 2.37. The molecule has 3 aromatic carbocycles. The van der Waals surface area contributed by atoms with Gasteiger partial charge in [0.2, 0.25) is 0 Å². The lowest BCUT2D eigenvalue weighted by atomic mass is 10.1. The Hall–Kier alpha value is -3.52. The molecule has 1 amide bonds. The summed E-state index contributed by atoms with van der Waals surface area (Å²) in [5.41, 5.74) is 2.32. The van der Waals surface area contributed by atoms with Gasteiger partial charge in [-0.2, -0.15) is 0 Å². The van der Waals surface area contributed by atoms with Crippen molar-refractivity contribution in [2.24, 2.45) is 0 Å². The van der Waals surface area contributed by atoms with Crippen LogP contribution in [-0.2, 0) is 14.8 Å². The maximum atomic E-state index is 13.4. The Morgan fingerprint density at radius 1 is 1.06 bits per heavy atom. The SMILES string of the molecule is Cc1ccc2c(c1)O[C@H](C(=O)NCCOc1ccccc1C)CN2S(=O)(=O)c1ccccc1. The maximum absolute atomic E-state index is 13.4. The van der Waals surface area contributed by atoms with Crippen LogP contribution in [0.5, 0.6) is 11.5 Å². The molecular formula is C25H26N2O5S. The number of carbonyl (C=O) groups excluding carboxylic acids is 1. The van der Waals surface area contributed by atoms with Crippen molar-refractivity contribution < 1.29 is 22.7 Å². The predicted molar refractivity (Wildman–Crippen MR) is 126 cm³/mol. The second kappa shape index (κ2) is 9.54. The Labute approximate surface area is 194 Å². The van der Waals surface area contributed by atoms with E-state index < -0.39 is 22.0 Å². The van der Waals surface area contributed by atoms with E-state index in [2.05, 4.69) is 5.32 Å². The number of fused-ring (bicyclic) bond motifs is 1. The molecule has 1 atom stereocenters. The van der Waals surface area contributed by atoms with Gasteiger partial charge in [0.05, 0.1) is 23.7 Å². The number of benzene rings is 3. The Bertz CT molecular complexity index is 1240. The molecule has 0 saturated heterocycles. The van der Waals surface area contributed by atoms with E-state index in [0.29, 0.717) is 11.4 Å². The number of hydrogen-bond donors (Lipinski definition) is 1. The van der Waals surface area contributed by atoms with E-state index >= 15 is 0 Å². The maximum Gasteiger partial charge on any atom is 0.264 e. The van der Waals surface area contributed by atoms with Crippen LogP contribution in [-0.4, -0.2) is 40.1 Å². The molecular weight excluding hydrogens is 440 g/mol. The first-order chi connectivity index (χ1) is 15.9. The van der Waals surface area contributed by atoms with Crippen molar-refractivity contribution in [3.05, 3.63) is 83.9 Å². The molecule has 0 radical (unpaired) electrons. The number of para-hydroxylation sites is 1. The molecule has 172 valence electrons. The third kappa shape index (κ3) is 4.96. The fourth-order valence-electron chi connectivity index (χ4n) is 3.61. The van der Waals surface area contributed by atoms with Crippen LogP contribution in [0.4, 0.5) is 5.69 Å². The van der Waals surface area contributed by atoms with Crippen molar-refractivity contribution in [3.63, 3.8) is 0 Å². The molecule has 33 heavy (non-hydrogen) atoms. The molecule has 8 heteroatoms. The highest BCUT2D eigenvalue weighted by molar-refractivity contribution is 7.92. The van der Waals surface area contributed by atoms with Gasteiger partial charge in [0, 0.05) is 0 Å². The summed E-state index contributed by atoms with van der Waals surface area (Å²) in [4.78, 5) is 13.0. The summed E-state index contributed by atoms with van der Waals surface area (Å²) in [6.45, 7) is 4.25. The van der Waals surface area contributed by atoms with Gasteiger partial charge in [-0.1, -0.05) is 42.5 Å². The third-order valence-electron chi connectivity index (χ3n) is 5.36. The average molecular weight is 467 g/mol. The first-order valence-corrected chi connectivity index (χ1v) is 12.1. The van der Waals surface area contributed by atoms with Gasteiger partial charge in [-0.3, -0.25) is 9.10 Å². The van der Waals surface area contributed by atoms with Crippen molar-refractivity contribution in [1.82, 2.24) is 5.32 Å². The molecule has 0 bridgehead atoms. The zero-order chi connectivity index (χ0) is 23.4. The zero-order valence-corrected chi connectivity index (χ0v) is 19.3. The predicted octanol–water partition coefficient (Wildman–Crippen LogP) is 3.45. The monoisotopic (exact) mass is 466 g/mol. The van der Waals surface area contributed by atoms with Crippen molar-refractivity contribution in [1.29, 1.82) is 0 Å². The lowest BCUT2D eigenvalue weighted by molar-refractivity contribution is -0.127. The molecule has 0 unspecified atom stereocenters. The second-order valence-corrected chi connectivity index (χ2v) is 9.69. The fourth-order valence-corrected chi connectivity index (χ4v) is 5.11. The van der Waals surface area contributed by atoms with E-state index in [1.807, 2.05) is 44.2 Å². The van der Waals surface area contributed by atoms with E-state index in [1.54, 1.807) is 30.3 Å². The van der Waals surface area contributed by atoms with Crippen molar-refractivity contribution >= 4 is 21.6 Å². The number of nitrogens with one attached hydrogen (secondary N) is 1. The molecule has 0 fully saturated rings. The summed E-state index contributed by atoms with van der Waals surface area (Å²) in [5.74, 6) is 0.714. The Morgan fingerprint density at radius 3 is 2.55 bits per heavy atom. The number of anilines is 1. The first kappa shape index (κ1) is 22.7. The number of nitrogens with zero attached hydrogens (tertiary/aromatic N) is 1. The van der Waals surface area contributed by atoms with Crippen molar-refractivity contribution in [2.45, 2.75) is 24.8 Å². The van der Waals surface area contributed by atoms with Gasteiger partial charge in [-0.25, -0.2) is 8.42 Å². The van der Waals surface area contributed by atoms with Crippen LogP contribution in [0, 0.1) is 13.8 Å². The van der Waals surface area contributed by atoms with Crippen LogP contribution in [0.25, 0.3) is 0 Å². The molecule has 7 nitrogen and oxygen atoms in total. The minimum Gasteiger partial charge on any atom is -0.491 e. The number of sulfonamides is 1. The molecule has 1 heterocycles. The van der Waals surface area contributed by atoms with Gasteiger partial charge in [0.1, 0.15) is 18.1 Å². The molecule has 1 aliphatic rings. The Morgan fingerprint density at radius 2 is 1.79 bits per heavy atom. The fraction of sp³-hybridized carbons (Fsp3) is 0.240. The Kier molecular flexibility index (Phi) is 6.55. The van der Waals surface area contributed by atoms with E-state index in [0.717, 1.165) is 16.9 Å². The number of carbonyl (C=O) groups is 1. The first-order valence-electron chi connectivity index (χ1n) is 10.7. The molecule has 0 aromatic heterocycles. The lowest BCUT2D eigenvalue weighted by Crippen LogP contribution is -2.51. The molecule has 1 N–H and O–H groups in total. The van der Waals surface area contributed by atoms with Crippen LogP contribution in [0.15, 0.2) is 77.7 Å². The van der Waals surface area contributed by atoms with Crippen LogP contribution in [0.3, 0.4) is 0 Å². The highest BCUT2D eigenvalue weighted by Gasteiger charge is 2.37. The normalized spacial score (nSPS) is 15.3. The number of ether oxygens (including phenoxy) is 2. The number of hydrogen-bond acceptors (Lipinski definition) is 5. The minimum absolute atomic E-state index is 0.127. The average Bonchev–Trinajstić information content (AvgIpc) is 2.82. The highest BCUT2D eigenvalue weighted by atomic mass is 32.2. The van der Waals surface area contributed by atoms with Crippen LogP contribution in [0.2, 0.25) is 0 Å². The quantitative estimate of drug-likeness (QED) is 0.539. The molecule has 0 saturated carbocycles. The molecule has 0 aliphatic carbocycles. The van der Waals surface area contributed by atoms with Gasteiger partial charge >= 0.3 is 0 Å². The lowest BCUT2D eigenvalue weighted by Gasteiger charge is -2.35. The van der Waals surface area contributed by atoms with Crippen LogP contribution >= 0.6 is 0 Å². The third-order valence-corrected chi connectivity index (χ3v) is 7.15. The summed E-state index contributed by atoms with van der Waals surface area (Å²) in [6, 6.07) is 21.1. The van der Waals surface area contributed by atoms with Gasteiger partial charge in [0.25, 0.3) is 15.9 Å². The summed E-state index contributed by atoms with van der Waals surface area (Å²) >= 11 is 0. The molecule has 4 rings (SSSR count). The molecule has 0 spiro atoms. The van der Waals surface area contributed by atoms with E-state index in [-0.39, 0.29) is 24.6 Å². The van der Waals surface area contributed by atoms with E-state index in [9.17, 15) is 13.2 Å². The number of rotatable bonds is 7. The van der Waals surface area contributed by atoms with Crippen molar-refractivity contribution in [2.75, 3.05) is 24.0 Å². The summed E-state index contributed by atoms with van der Waals surface area (Å²) < 4.78 is 39.6. The standard InChI is InChI=1S/C25H26N2O5S/c1-18-12-13-21-23(16-18)32-24(17-27(21)33(29,30)20-9-4-3-5-10-20)25(28)26-14-15-31-22-11-7-6-8-19(22)2/h3-13,16,24H,14-15,17H2,1-2H3,(H,26,28)/t24-/m0/s1. The second-order valence-electron chi connectivity index (χ2n) is 7.83. The van der Waals surface area contributed by atoms with Gasteiger partial charge in [0.15, 0.2) is 6.10 Å². The largest absolute Gasteiger partial charge is 0.491 e. The van der Waals surface area contributed by atoms with Crippen LogP contribution in [0.1, 0.15) is 11.1 Å². The summed E-state index contributed by atoms with van der Waals surface area (Å²) in [5, 5.41) is 2.79. The number of amides is 1. The summed E-state index contributed by atoms with van der Waals surface area (Å²) in [7, 11) is -3.87.